The van der Waals surface area contributed by atoms with Crippen molar-refractivity contribution in [3.05, 3.63) is 61.1 Å². The predicted molar refractivity (Wildman–Crippen MR) is 196 cm³/mol. The van der Waals surface area contributed by atoms with Gasteiger partial charge in [0, 0.05) is 27.8 Å². The lowest BCUT2D eigenvalue weighted by Gasteiger charge is -2.23. The minimum absolute atomic E-state index is 0.400. The summed E-state index contributed by atoms with van der Waals surface area (Å²) in [6, 6.07) is 13.8. The standard InChI is InChI=1S/C39H57B2NO4/c1-9-11-13-15-17-19-21-33(22-20-18-16-14-12-10-2)42-36-27-31(40-43-29(3)38(5,6)45-40)23-25-34(36)35-26-24-32(28-37(35)42)41-44-30(4)39(7,8)46-41/h23-28,33H,3-4,9-22H2,1-2,5-8H3. The van der Waals surface area contributed by atoms with Crippen LogP contribution >= 0.6 is 0 Å². The van der Waals surface area contributed by atoms with Crippen LogP contribution in [0.15, 0.2) is 61.1 Å². The van der Waals surface area contributed by atoms with Crippen LogP contribution in [0.2, 0.25) is 0 Å². The first kappa shape index (κ1) is 34.7. The van der Waals surface area contributed by atoms with Crippen LogP contribution in [-0.2, 0) is 18.6 Å². The molecule has 46 heavy (non-hydrogen) atoms. The van der Waals surface area contributed by atoms with Gasteiger partial charge in [0.1, 0.15) is 11.2 Å². The Morgan fingerprint density at radius 2 is 1.00 bits per heavy atom. The Hall–Kier alpha value is -2.63. The third-order valence-electron chi connectivity index (χ3n) is 10.2. The molecule has 0 unspecified atom stereocenters. The SMILES string of the molecule is C=C1OB(c2ccc3c4ccc(B5OC(=C)C(C)(C)O5)cc4n(C(CCCCCCCC)CCCCCCCC)c3c2)OC1(C)C. The summed E-state index contributed by atoms with van der Waals surface area (Å²) in [4.78, 5) is 0. The van der Waals surface area contributed by atoms with Gasteiger partial charge in [-0.25, -0.2) is 0 Å². The van der Waals surface area contributed by atoms with Gasteiger partial charge in [-0.3, -0.25) is 0 Å². The number of hydrogen-bond donors (Lipinski definition) is 0. The number of rotatable bonds is 17. The highest BCUT2D eigenvalue weighted by molar-refractivity contribution is 6.63. The van der Waals surface area contributed by atoms with Gasteiger partial charge >= 0.3 is 14.2 Å². The largest absolute Gasteiger partial charge is 0.563 e. The van der Waals surface area contributed by atoms with Crippen molar-refractivity contribution in [1.29, 1.82) is 0 Å². The molecule has 0 aliphatic carbocycles. The van der Waals surface area contributed by atoms with Gasteiger partial charge in [-0.1, -0.05) is 128 Å². The molecular weight excluding hydrogens is 568 g/mol. The van der Waals surface area contributed by atoms with E-state index < -0.39 is 25.4 Å². The average Bonchev–Trinajstić information content (AvgIpc) is 3.60. The minimum Gasteiger partial charge on any atom is -0.534 e. The van der Waals surface area contributed by atoms with E-state index in [9.17, 15) is 0 Å². The van der Waals surface area contributed by atoms with Crippen molar-refractivity contribution < 1.29 is 18.6 Å². The lowest BCUT2D eigenvalue weighted by Crippen LogP contribution is -2.34. The molecule has 5 rings (SSSR count). The molecule has 1 aromatic heterocycles. The summed E-state index contributed by atoms with van der Waals surface area (Å²) in [5, 5.41) is 2.52. The van der Waals surface area contributed by atoms with E-state index >= 15 is 0 Å². The van der Waals surface area contributed by atoms with Crippen LogP contribution in [0.4, 0.5) is 0 Å². The highest BCUT2D eigenvalue weighted by atomic mass is 16.7. The van der Waals surface area contributed by atoms with Gasteiger partial charge in [0.05, 0.1) is 11.5 Å². The van der Waals surface area contributed by atoms with E-state index in [1.807, 2.05) is 27.7 Å². The van der Waals surface area contributed by atoms with Crippen LogP contribution in [-0.4, -0.2) is 30.0 Å². The molecule has 2 aromatic carbocycles. The van der Waals surface area contributed by atoms with Crippen molar-refractivity contribution >= 4 is 47.0 Å². The van der Waals surface area contributed by atoms with Gasteiger partial charge < -0.3 is 23.2 Å². The van der Waals surface area contributed by atoms with Gasteiger partial charge in [0.15, 0.2) is 0 Å². The molecule has 0 N–H and O–H groups in total. The van der Waals surface area contributed by atoms with E-state index in [4.69, 9.17) is 18.6 Å². The zero-order valence-corrected chi connectivity index (χ0v) is 29.6. The molecule has 3 aromatic rings. The first-order chi connectivity index (χ1) is 22.1. The third kappa shape index (κ3) is 7.73. The third-order valence-corrected chi connectivity index (χ3v) is 10.2. The molecule has 0 saturated carbocycles. The van der Waals surface area contributed by atoms with Crippen LogP contribution in [0.5, 0.6) is 0 Å². The Morgan fingerprint density at radius 3 is 1.37 bits per heavy atom. The van der Waals surface area contributed by atoms with Crippen molar-refractivity contribution in [2.45, 2.75) is 149 Å². The average molecular weight is 626 g/mol. The van der Waals surface area contributed by atoms with Crippen molar-refractivity contribution in [2.75, 3.05) is 0 Å². The van der Waals surface area contributed by atoms with Gasteiger partial charge in [0.25, 0.3) is 0 Å². The summed E-state index contributed by atoms with van der Waals surface area (Å²) in [7, 11) is -0.920. The minimum atomic E-state index is -0.515. The summed E-state index contributed by atoms with van der Waals surface area (Å²) in [5.41, 5.74) is 3.51. The molecular formula is C39H57B2NO4. The second kappa shape index (κ2) is 15.1. The van der Waals surface area contributed by atoms with Crippen LogP contribution in [0, 0.1) is 0 Å². The molecule has 7 heteroatoms. The molecule has 2 aliphatic heterocycles. The Labute approximate surface area is 279 Å². The molecule has 0 atom stereocenters. The van der Waals surface area contributed by atoms with E-state index in [-0.39, 0.29) is 0 Å². The van der Waals surface area contributed by atoms with Gasteiger partial charge in [-0.15, -0.1) is 0 Å². The first-order valence-electron chi connectivity index (χ1n) is 18.2. The van der Waals surface area contributed by atoms with Gasteiger partial charge in [0.2, 0.25) is 0 Å². The highest BCUT2D eigenvalue weighted by Gasteiger charge is 2.44. The number of hydrogen-bond acceptors (Lipinski definition) is 4. The fourth-order valence-electron chi connectivity index (χ4n) is 7.02. The second-order valence-electron chi connectivity index (χ2n) is 14.7. The van der Waals surface area contributed by atoms with E-state index in [0.717, 1.165) is 10.9 Å². The zero-order valence-electron chi connectivity index (χ0n) is 29.6. The van der Waals surface area contributed by atoms with E-state index in [2.05, 4.69) is 68.0 Å². The molecule has 0 spiro atoms. The van der Waals surface area contributed by atoms with Crippen LogP contribution in [0.3, 0.4) is 0 Å². The predicted octanol–water partition coefficient (Wildman–Crippen LogP) is 9.91. The maximum atomic E-state index is 6.34. The molecule has 3 heterocycles. The van der Waals surface area contributed by atoms with Crippen molar-refractivity contribution in [3.63, 3.8) is 0 Å². The van der Waals surface area contributed by atoms with Crippen LogP contribution < -0.4 is 10.9 Å². The lowest BCUT2D eigenvalue weighted by atomic mass is 9.78. The Bertz CT molecular complexity index is 1400. The van der Waals surface area contributed by atoms with Crippen LogP contribution in [0.1, 0.15) is 137 Å². The smallest absolute Gasteiger partial charge is 0.534 e. The zero-order chi connectivity index (χ0) is 32.9. The lowest BCUT2D eigenvalue weighted by molar-refractivity contribution is 0.172. The molecule has 0 bridgehead atoms. The Morgan fingerprint density at radius 1 is 0.609 bits per heavy atom. The quantitative estimate of drug-likeness (QED) is 0.111. The monoisotopic (exact) mass is 625 g/mol. The molecule has 2 aliphatic rings. The molecule has 2 saturated heterocycles. The Balaban J connectivity index is 1.54. The number of aromatic nitrogens is 1. The van der Waals surface area contributed by atoms with E-state index in [0.29, 0.717) is 17.6 Å². The highest BCUT2D eigenvalue weighted by Crippen LogP contribution is 2.37. The summed E-state index contributed by atoms with van der Waals surface area (Å²) in [5.74, 6) is 1.35. The van der Waals surface area contributed by atoms with Crippen molar-refractivity contribution in [2.24, 2.45) is 0 Å². The molecule has 2 fully saturated rings. The summed E-state index contributed by atoms with van der Waals surface area (Å²) < 4.78 is 27.6. The molecule has 5 nitrogen and oxygen atoms in total. The fourth-order valence-corrected chi connectivity index (χ4v) is 7.02. The summed E-state index contributed by atoms with van der Waals surface area (Å²) in [6.07, 6.45) is 18.0. The molecule has 0 radical (unpaired) electrons. The summed E-state index contributed by atoms with van der Waals surface area (Å²) in [6.45, 7) is 20.9. The maximum absolute atomic E-state index is 6.34. The van der Waals surface area contributed by atoms with Crippen molar-refractivity contribution in [3.8, 4) is 0 Å². The maximum Gasteiger partial charge on any atom is 0.563 e. The Kier molecular flexibility index (Phi) is 11.4. The normalized spacial score (nSPS) is 17.5. The number of nitrogens with zero attached hydrogens (tertiary/aromatic N) is 1. The molecule has 0 amide bonds. The molecule has 248 valence electrons. The topological polar surface area (TPSA) is 41.9 Å². The van der Waals surface area contributed by atoms with Gasteiger partial charge in [-0.05, 0) is 63.6 Å². The van der Waals surface area contributed by atoms with Crippen molar-refractivity contribution in [1.82, 2.24) is 4.57 Å². The first-order valence-corrected chi connectivity index (χ1v) is 18.2. The summed E-state index contributed by atoms with van der Waals surface area (Å²) >= 11 is 0. The number of unbranched alkanes of at least 4 members (excludes halogenated alkanes) is 10. The van der Waals surface area contributed by atoms with E-state index in [1.165, 1.54) is 112 Å². The fraction of sp³-hybridized carbons (Fsp3) is 0.590. The number of benzene rings is 2. The van der Waals surface area contributed by atoms with E-state index in [1.54, 1.807) is 0 Å². The van der Waals surface area contributed by atoms with Crippen LogP contribution in [0.25, 0.3) is 21.8 Å². The van der Waals surface area contributed by atoms with Gasteiger partial charge in [-0.2, -0.15) is 0 Å². The number of fused-ring (bicyclic) bond motifs is 3. The second-order valence-corrected chi connectivity index (χ2v) is 14.7.